The molecule has 0 spiro atoms. The quantitative estimate of drug-likeness (QED) is 0.738. The summed E-state index contributed by atoms with van der Waals surface area (Å²) in [5.41, 5.74) is 0.839. The van der Waals surface area contributed by atoms with Gasteiger partial charge in [0.05, 0.1) is 5.69 Å². The minimum Gasteiger partial charge on any atom is -0.454 e. The lowest BCUT2D eigenvalue weighted by atomic mass is 10.0. The molecule has 4 rings (SSSR count). The number of hydrogen-bond acceptors (Lipinski definition) is 4. The van der Waals surface area contributed by atoms with Crippen LogP contribution >= 0.6 is 0 Å². The molecule has 0 aromatic heterocycles. The molecule has 1 aliphatic heterocycles. The van der Waals surface area contributed by atoms with Gasteiger partial charge in [-0.05, 0) is 48.7 Å². The van der Waals surface area contributed by atoms with Crippen molar-refractivity contribution in [2.75, 3.05) is 17.4 Å². The second-order valence-electron chi connectivity index (χ2n) is 7.45. The van der Waals surface area contributed by atoms with E-state index in [1.165, 1.54) is 43.9 Å². The third kappa shape index (κ3) is 4.67. The Hall–Kier alpha value is -3.09. The number of ether oxygens (including phenoxy) is 2. The van der Waals surface area contributed by atoms with Gasteiger partial charge in [-0.1, -0.05) is 25.7 Å². The number of carbonyl (C=O) groups is 2. The fraction of sp³-hybridized carbons (Fsp3) is 0.364. The van der Waals surface area contributed by atoms with Crippen molar-refractivity contribution in [2.24, 2.45) is 5.92 Å². The van der Waals surface area contributed by atoms with Gasteiger partial charge in [-0.3, -0.25) is 9.59 Å². The molecule has 6 nitrogen and oxygen atoms in total. The molecule has 1 heterocycles. The highest BCUT2D eigenvalue weighted by atomic mass is 19.1. The number of rotatable bonds is 6. The molecule has 2 aromatic rings. The van der Waals surface area contributed by atoms with E-state index in [0.29, 0.717) is 35.1 Å². The zero-order valence-electron chi connectivity index (χ0n) is 16.0. The van der Waals surface area contributed by atoms with Gasteiger partial charge in [0.25, 0.3) is 5.91 Å². The lowest BCUT2D eigenvalue weighted by molar-refractivity contribution is -0.116. The summed E-state index contributed by atoms with van der Waals surface area (Å²) < 4.78 is 24.6. The number of fused-ring (bicyclic) bond motifs is 1. The van der Waals surface area contributed by atoms with E-state index in [1.54, 1.807) is 18.2 Å². The fourth-order valence-electron chi connectivity index (χ4n) is 3.79. The molecular formula is C22H23FN2O4. The molecule has 152 valence electrons. The van der Waals surface area contributed by atoms with Gasteiger partial charge in [0, 0.05) is 17.7 Å². The zero-order chi connectivity index (χ0) is 20.2. The van der Waals surface area contributed by atoms with Crippen molar-refractivity contribution in [1.29, 1.82) is 0 Å². The largest absolute Gasteiger partial charge is 0.454 e. The first kappa shape index (κ1) is 19.2. The molecule has 0 saturated heterocycles. The number of hydrogen-bond donors (Lipinski definition) is 2. The van der Waals surface area contributed by atoms with Crippen LogP contribution in [-0.2, 0) is 4.79 Å². The number of halogens is 1. The van der Waals surface area contributed by atoms with Crippen LogP contribution < -0.4 is 20.1 Å². The third-order valence-electron chi connectivity index (χ3n) is 5.39. The van der Waals surface area contributed by atoms with Crippen molar-refractivity contribution >= 4 is 23.2 Å². The standard InChI is InChI=1S/C22H23FN2O4/c23-17-8-7-16(12-18(17)25-21(26)10-5-14-3-1-2-4-14)24-22(27)15-6-9-19-20(11-15)29-13-28-19/h6-9,11-12,14H,1-5,10,13H2,(H,24,27)(H,25,26). The SMILES string of the molecule is O=C(CCC1CCCC1)Nc1cc(NC(=O)c2ccc3c(c2)OCO3)ccc1F. The number of benzene rings is 2. The van der Waals surface area contributed by atoms with Crippen molar-refractivity contribution < 1.29 is 23.5 Å². The first-order valence-corrected chi connectivity index (χ1v) is 9.89. The van der Waals surface area contributed by atoms with Gasteiger partial charge in [0.2, 0.25) is 12.7 Å². The Balaban J connectivity index is 1.38. The van der Waals surface area contributed by atoms with Crippen molar-refractivity contribution in [1.82, 2.24) is 0 Å². The molecule has 29 heavy (non-hydrogen) atoms. The summed E-state index contributed by atoms with van der Waals surface area (Å²) in [4.78, 5) is 24.7. The molecule has 2 aliphatic rings. The Morgan fingerprint density at radius 3 is 2.62 bits per heavy atom. The minimum atomic E-state index is -0.541. The van der Waals surface area contributed by atoms with Crippen molar-refractivity contribution in [3.63, 3.8) is 0 Å². The van der Waals surface area contributed by atoms with Gasteiger partial charge < -0.3 is 20.1 Å². The predicted molar refractivity (Wildman–Crippen MR) is 107 cm³/mol. The van der Waals surface area contributed by atoms with Crippen molar-refractivity contribution in [3.05, 3.63) is 47.8 Å². The molecule has 1 aliphatic carbocycles. The molecule has 2 aromatic carbocycles. The summed E-state index contributed by atoms with van der Waals surface area (Å²) in [6.07, 6.45) is 6.00. The summed E-state index contributed by atoms with van der Waals surface area (Å²) in [5.74, 6) is 0.569. The molecule has 7 heteroatoms. The average molecular weight is 398 g/mol. The van der Waals surface area contributed by atoms with Crippen LogP contribution in [0.1, 0.15) is 48.9 Å². The Morgan fingerprint density at radius 1 is 1.00 bits per heavy atom. The monoisotopic (exact) mass is 398 g/mol. The summed E-state index contributed by atoms with van der Waals surface area (Å²) in [5, 5.41) is 5.33. The van der Waals surface area contributed by atoms with Crippen LogP contribution in [-0.4, -0.2) is 18.6 Å². The Kier molecular flexibility index (Phi) is 5.64. The maximum absolute atomic E-state index is 14.1. The normalized spacial score (nSPS) is 15.3. The van der Waals surface area contributed by atoms with Gasteiger partial charge in [-0.25, -0.2) is 4.39 Å². The molecule has 2 N–H and O–H groups in total. The van der Waals surface area contributed by atoms with Gasteiger partial charge in [0.15, 0.2) is 11.5 Å². The maximum Gasteiger partial charge on any atom is 0.255 e. The zero-order valence-corrected chi connectivity index (χ0v) is 16.0. The van der Waals surface area contributed by atoms with E-state index >= 15 is 0 Å². The molecule has 0 unspecified atom stereocenters. The second kappa shape index (κ2) is 8.51. The highest BCUT2D eigenvalue weighted by Crippen LogP contribution is 2.33. The summed E-state index contributed by atoms with van der Waals surface area (Å²) >= 11 is 0. The highest BCUT2D eigenvalue weighted by Gasteiger charge is 2.18. The Morgan fingerprint density at radius 2 is 1.79 bits per heavy atom. The molecule has 2 amide bonds. The van der Waals surface area contributed by atoms with E-state index in [-0.39, 0.29) is 24.3 Å². The number of carbonyl (C=O) groups excluding carboxylic acids is 2. The minimum absolute atomic E-state index is 0.0601. The van der Waals surface area contributed by atoms with Crippen molar-refractivity contribution in [2.45, 2.75) is 38.5 Å². The fourth-order valence-corrected chi connectivity index (χ4v) is 3.79. The van der Waals surface area contributed by atoms with Crippen LogP contribution in [0.15, 0.2) is 36.4 Å². The molecular weight excluding hydrogens is 375 g/mol. The summed E-state index contributed by atoms with van der Waals surface area (Å²) in [6.45, 7) is 0.127. The van der Waals surface area contributed by atoms with E-state index in [0.717, 1.165) is 6.42 Å². The smallest absolute Gasteiger partial charge is 0.255 e. The van der Waals surface area contributed by atoms with Crippen LogP contribution in [0.3, 0.4) is 0 Å². The average Bonchev–Trinajstić information content (AvgIpc) is 3.40. The van der Waals surface area contributed by atoms with E-state index in [4.69, 9.17) is 9.47 Å². The Bertz CT molecular complexity index is 925. The predicted octanol–water partition coefficient (Wildman–Crippen LogP) is 4.72. The lowest BCUT2D eigenvalue weighted by Gasteiger charge is -2.12. The second-order valence-corrected chi connectivity index (χ2v) is 7.45. The highest BCUT2D eigenvalue weighted by molar-refractivity contribution is 6.05. The Labute approximate surface area is 168 Å². The van der Waals surface area contributed by atoms with E-state index in [2.05, 4.69) is 10.6 Å². The van der Waals surface area contributed by atoms with Gasteiger partial charge in [-0.2, -0.15) is 0 Å². The maximum atomic E-state index is 14.1. The topological polar surface area (TPSA) is 76.7 Å². The molecule has 0 bridgehead atoms. The first-order chi connectivity index (χ1) is 14.1. The molecule has 0 atom stereocenters. The van der Waals surface area contributed by atoms with E-state index < -0.39 is 5.82 Å². The molecule has 1 fully saturated rings. The van der Waals surface area contributed by atoms with Gasteiger partial charge >= 0.3 is 0 Å². The first-order valence-electron chi connectivity index (χ1n) is 9.89. The van der Waals surface area contributed by atoms with E-state index in [9.17, 15) is 14.0 Å². The van der Waals surface area contributed by atoms with Crippen LogP contribution in [0.4, 0.5) is 15.8 Å². The number of amides is 2. The van der Waals surface area contributed by atoms with Crippen LogP contribution in [0.25, 0.3) is 0 Å². The van der Waals surface area contributed by atoms with Crippen LogP contribution in [0.5, 0.6) is 11.5 Å². The lowest BCUT2D eigenvalue weighted by Crippen LogP contribution is -2.15. The van der Waals surface area contributed by atoms with E-state index in [1.807, 2.05) is 0 Å². The summed E-state index contributed by atoms with van der Waals surface area (Å²) in [7, 11) is 0. The number of nitrogens with one attached hydrogen (secondary N) is 2. The molecule has 0 radical (unpaired) electrons. The van der Waals surface area contributed by atoms with Crippen LogP contribution in [0, 0.1) is 11.7 Å². The number of anilines is 2. The van der Waals surface area contributed by atoms with Gasteiger partial charge in [-0.15, -0.1) is 0 Å². The molecule has 1 saturated carbocycles. The third-order valence-corrected chi connectivity index (χ3v) is 5.39. The van der Waals surface area contributed by atoms with Gasteiger partial charge in [0.1, 0.15) is 5.82 Å². The van der Waals surface area contributed by atoms with Crippen molar-refractivity contribution in [3.8, 4) is 11.5 Å². The summed E-state index contributed by atoms with van der Waals surface area (Å²) in [6, 6.07) is 8.98. The van der Waals surface area contributed by atoms with Crippen LogP contribution in [0.2, 0.25) is 0 Å².